The number of hydrogen-bond donors (Lipinski definition) is 0. The lowest BCUT2D eigenvalue weighted by molar-refractivity contribution is 0.505. The maximum atomic E-state index is 2.81. The topological polar surface area (TPSA) is 3.24 Å². The molecule has 0 fully saturated rings. The molecule has 0 aromatic heterocycles. The van der Waals surface area contributed by atoms with Crippen molar-refractivity contribution in [2.45, 2.75) is 71.1 Å². The molecule has 1 atom stereocenters. The molecule has 114 valence electrons. The molecule has 0 heterocycles. The third kappa shape index (κ3) is 36.0. The molecule has 0 radical (unpaired) electrons. The summed E-state index contributed by atoms with van der Waals surface area (Å²) in [6.45, 7) is 2.28. The van der Waals surface area contributed by atoms with Crippen LogP contribution in [0.2, 0.25) is 0 Å². The van der Waals surface area contributed by atoms with Crippen LogP contribution < -0.4 is 0 Å². The van der Waals surface area contributed by atoms with E-state index in [1.165, 1.54) is 70.4 Å². The summed E-state index contributed by atoms with van der Waals surface area (Å²) in [5.41, 5.74) is 0. The van der Waals surface area contributed by atoms with Crippen molar-refractivity contribution in [3.8, 4) is 0 Å². The van der Waals surface area contributed by atoms with E-state index in [1.54, 1.807) is 0 Å². The average Bonchev–Trinajstić information content (AvgIpc) is 2.26. The van der Waals surface area contributed by atoms with Crippen LogP contribution in [0.1, 0.15) is 71.1 Å². The van der Waals surface area contributed by atoms with Crippen LogP contribution in [-0.4, -0.2) is 32.2 Å². The van der Waals surface area contributed by atoms with Gasteiger partial charge in [0.2, 0.25) is 0 Å². The molecule has 0 N–H and O–H groups in total. The molecule has 0 amide bonds. The zero-order chi connectivity index (χ0) is 13.4. The number of rotatable bonds is 10. The lowest BCUT2D eigenvalue weighted by atomic mass is 10.1. The van der Waals surface area contributed by atoms with Gasteiger partial charge in [-0.3, -0.25) is 0 Å². The molecule has 0 aliphatic rings. The molecule has 1 unspecified atom stereocenters. The first-order valence-corrected chi connectivity index (χ1v) is 8.27. The third-order valence-corrected chi connectivity index (χ3v) is 2.97. The summed E-state index contributed by atoms with van der Waals surface area (Å²) >= 11 is 0. The van der Waals surface area contributed by atoms with Crippen LogP contribution in [0.4, 0.5) is 0 Å². The van der Waals surface area contributed by atoms with Gasteiger partial charge in [-0.2, -0.15) is 0 Å². The highest BCUT2D eigenvalue weighted by Crippen LogP contribution is 2.10. The molecular formula is C15H37BrNP. The Kier molecular flexibility index (Phi) is 30.6. The summed E-state index contributed by atoms with van der Waals surface area (Å²) in [5, 5.41) is 0. The Morgan fingerprint density at radius 1 is 0.667 bits per heavy atom. The minimum atomic E-state index is 0. The van der Waals surface area contributed by atoms with Gasteiger partial charge in [0.15, 0.2) is 0 Å². The van der Waals surface area contributed by atoms with Gasteiger partial charge in [-0.1, -0.05) is 64.7 Å². The van der Waals surface area contributed by atoms with E-state index < -0.39 is 0 Å². The summed E-state index contributed by atoms with van der Waals surface area (Å²) in [4.78, 5) is 2.00. The van der Waals surface area contributed by atoms with Crippen molar-refractivity contribution in [2.24, 2.45) is 0 Å². The van der Waals surface area contributed by atoms with Crippen molar-refractivity contribution in [3.05, 3.63) is 0 Å². The Hall–Kier alpha value is 0.870. The van der Waals surface area contributed by atoms with Gasteiger partial charge >= 0.3 is 0 Å². The fraction of sp³-hybridized carbons (Fsp3) is 1.00. The molecule has 0 saturated carbocycles. The number of halogens is 1. The summed E-state index contributed by atoms with van der Waals surface area (Å²) < 4.78 is 0. The van der Waals surface area contributed by atoms with E-state index in [0.717, 1.165) is 0 Å². The lowest BCUT2D eigenvalue weighted by Crippen LogP contribution is -1.99. The third-order valence-electron chi connectivity index (χ3n) is 2.56. The Bertz CT molecular complexity index is 108. The largest absolute Gasteiger partial charge is 0.312 e. The van der Waals surface area contributed by atoms with Gasteiger partial charge in [-0.05, 0) is 33.7 Å². The minimum absolute atomic E-state index is 0. The fourth-order valence-corrected chi connectivity index (χ4v) is 1.92. The SMILES string of the molecule is Br.CCCCCCCCCCCCP.CN(C)C. The highest BCUT2D eigenvalue weighted by atomic mass is 79.9. The molecule has 3 heteroatoms. The Labute approximate surface area is 129 Å². The Morgan fingerprint density at radius 3 is 1.22 bits per heavy atom. The van der Waals surface area contributed by atoms with Crippen LogP contribution in [0.15, 0.2) is 0 Å². The summed E-state index contributed by atoms with van der Waals surface area (Å²) in [6.07, 6.45) is 15.7. The first-order chi connectivity index (χ1) is 8.15. The molecule has 0 aliphatic carbocycles. The van der Waals surface area contributed by atoms with Crippen molar-refractivity contribution < 1.29 is 0 Å². The van der Waals surface area contributed by atoms with Crippen molar-refractivity contribution in [3.63, 3.8) is 0 Å². The standard InChI is InChI=1S/C12H27P.C3H9N.BrH/c1-2-3-4-5-6-7-8-9-10-11-12-13;1-4(2)3;/h2-13H2,1H3;1-3H3;1H. The summed E-state index contributed by atoms with van der Waals surface area (Å²) in [5.74, 6) is 0. The fourth-order valence-electron chi connectivity index (χ4n) is 1.63. The van der Waals surface area contributed by atoms with E-state index >= 15 is 0 Å². The van der Waals surface area contributed by atoms with Gasteiger partial charge in [-0.15, -0.1) is 26.2 Å². The normalized spacial score (nSPS) is 9.67. The van der Waals surface area contributed by atoms with Gasteiger partial charge in [0, 0.05) is 0 Å². The van der Waals surface area contributed by atoms with Crippen LogP contribution >= 0.6 is 26.2 Å². The maximum Gasteiger partial charge on any atom is -0.0140 e. The van der Waals surface area contributed by atoms with Crippen LogP contribution in [0, 0.1) is 0 Å². The highest BCUT2D eigenvalue weighted by molar-refractivity contribution is 8.93. The van der Waals surface area contributed by atoms with Gasteiger partial charge in [0.1, 0.15) is 0 Å². The van der Waals surface area contributed by atoms with Crippen molar-refractivity contribution in [1.29, 1.82) is 0 Å². The van der Waals surface area contributed by atoms with Gasteiger partial charge in [0.05, 0.1) is 0 Å². The molecule has 0 spiro atoms. The van der Waals surface area contributed by atoms with Crippen molar-refractivity contribution in [1.82, 2.24) is 4.90 Å². The highest BCUT2D eigenvalue weighted by Gasteiger charge is 1.90. The van der Waals surface area contributed by atoms with E-state index in [9.17, 15) is 0 Å². The minimum Gasteiger partial charge on any atom is -0.312 e. The molecule has 0 aliphatic heterocycles. The molecule has 0 rings (SSSR count). The van der Waals surface area contributed by atoms with Gasteiger partial charge in [0.25, 0.3) is 0 Å². The first kappa shape index (κ1) is 23.9. The second-order valence-electron chi connectivity index (χ2n) is 5.31. The van der Waals surface area contributed by atoms with E-state index in [1.807, 2.05) is 26.0 Å². The van der Waals surface area contributed by atoms with E-state index in [2.05, 4.69) is 16.2 Å². The molecule has 1 nitrogen and oxygen atoms in total. The zero-order valence-electron chi connectivity index (χ0n) is 13.2. The van der Waals surface area contributed by atoms with Crippen LogP contribution in [0.3, 0.4) is 0 Å². The number of unbranched alkanes of at least 4 members (excludes halogenated alkanes) is 9. The predicted octanol–water partition coefficient (Wildman–Crippen LogP) is 5.54. The smallest absolute Gasteiger partial charge is 0.0140 e. The van der Waals surface area contributed by atoms with Gasteiger partial charge < -0.3 is 4.90 Å². The summed E-state index contributed by atoms with van der Waals surface area (Å²) in [7, 11) is 8.81. The lowest BCUT2D eigenvalue weighted by Gasteiger charge is -2.00. The van der Waals surface area contributed by atoms with Crippen LogP contribution in [0.25, 0.3) is 0 Å². The van der Waals surface area contributed by atoms with Crippen LogP contribution in [0.5, 0.6) is 0 Å². The molecule has 0 bridgehead atoms. The van der Waals surface area contributed by atoms with Crippen molar-refractivity contribution in [2.75, 3.05) is 27.3 Å². The second kappa shape index (κ2) is 23.0. The predicted molar refractivity (Wildman–Crippen MR) is 96.4 cm³/mol. The van der Waals surface area contributed by atoms with Gasteiger partial charge in [-0.25, -0.2) is 0 Å². The van der Waals surface area contributed by atoms with Crippen LogP contribution in [-0.2, 0) is 0 Å². The Morgan fingerprint density at radius 2 is 0.944 bits per heavy atom. The second-order valence-corrected chi connectivity index (χ2v) is 5.89. The zero-order valence-corrected chi connectivity index (χ0v) is 16.1. The number of hydrogen-bond acceptors (Lipinski definition) is 1. The Balaban J connectivity index is -0.000000392. The van der Waals surface area contributed by atoms with E-state index in [4.69, 9.17) is 0 Å². The van der Waals surface area contributed by atoms with E-state index in [-0.39, 0.29) is 17.0 Å². The molecule has 0 aromatic rings. The monoisotopic (exact) mass is 341 g/mol. The average molecular weight is 342 g/mol. The summed E-state index contributed by atoms with van der Waals surface area (Å²) in [6, 6.07) is 0. The molecule has 18 heavy (non-hydrogen) atoms. The van der Waals surface area contributed by atoms with Crippen molar-refractivity contribution >= 4 is 26.2 Å². The molecule has 0 aromatic carbocycles. The maximum absolute atomic E-state index is 2.81. The molecular weight excluding hydrogens is 305 g/mol. The first-order valence-electron chi connectivity index (χ1n) is 7.46. The number of nitrogens with zero attached hydrogens (tertiary/aromatic N) is 1. The van der Waals surface area contributed by atoms with E-state index in [0.29, 0.717) is 0 Å². The quantitative estimate of drug-likeness (QED) is 0.372. The molecule has 0 saturated heterocycles.